The standard InChI is InChI=1S/C17H12Cl2N2O5/c1-8(26-17(24)10-3-5-13(18)21-16(10)19)15(23)9-2-4-12-11(6-9)20-14(22)7-25-12/h2-6,8H,7H2,1H3,(H,20,22)/t8-/m0/s1. The monoisotopic (exact) mass is 394 g/mol. The number of benzene rings is 1. The summed E-state index contributed by atoms with van der Waals surface area (Å²) in [4.78, 5) is 39.8. The van der Waals surface area contributed by atoms with E-state index in [1.807, 2.05) is 0 Å². The van der Waals surface area contributed by atoms with Crippen molar-refractivity contribution in [2.24, 2.45) is 0 Å². The van der Waals surface area contributed by atoms with E-state index in [2.05, 4.69) is 10.3 Å². The van der Waals surface area contributed by atoms with Crippen LogP contribution in [0.25, 0.3) is 0 Å². The fourth-order valence-corrected chi connectivity index (χ4v) is 2.74. The molecule has 0 aliphatic carbocycles. The van der Waals surface area contributed by atoms with Crippen molar-refractivity contribution in [3.05, 3.63) is 51.8 Å². The first-order chi connectivity index (χ1) is 12.3. The Bertz CT molecular complexity index is 916. The minimum absolute atomic E-state index is 0.00169. The number of fused-ring (bicyclic) bond motifs is 1. The number of carbonyl (C=O) groups is 3. The molecule has 1 N–H and O–H groups in total. The van der Waals surface area contributed by atoms with E-state index in [1.165, 1.54) is 31.2 Å². The van der Waals surface area contributed by atoms with Gasteiger partial charge in [0.05, 0.1) is 11.3 Å². The number of hydrogen-bond donors (Lipinski definition) is 1. The first kappa shape index (κ1) is 18.2. The molecule has 1 aliphatic heterocycles. The van der Waals surface area contributed by atoms with Crippen molar-refractivity contribution in [2.75, 3.05) is 11.9 Å². The van der Waals surface area contributed by atoms with Crippen LogP contribution in [-0.2, 0) is 9.53 Å². The third-order valence-corrected chi connectivity index (χ3v) is 4.08. The van der Waals surface area contributed by atoms with E-state index in [-0.39, 0.29) is 33.9 Å². The van der Waals surface area contributed by atoms with Gasteiger partial charge in [-0.2, -0.15) is 0 Å². The Labute approximate surface area is 158 Å². The van der Waals surface area contributed by atoms with Crippen molar-refractivity contribution in [1.29, 1.82) is 0 Å². The number of halogens is 2. The Hall–Kier alpha value is -2.64. The van der Waals surface area contributed by atoms with Crippen LogP contribution in [0.5, 0.6) is 5.75 Å². The summed E-state index contributed by atoms with van der Waals surface area (Å²) in [5.41, 5.74) is 0.646. The molecule has 26 heavy (non-hydrogen) atoms. The maximum atomic E-state index is 12.5. The van der Waals surface area contributed by atoms with Crippen LogP contribution in [0.3, 0.4) is 0 Å². The molecule has 9 heteroatoms. The van der Waals surface area contributed by atoms with Crippen molar-refractivity contribution in [3.8, 4) is 5.75 Å². The van der Waals surface area contributed by atoms with Crippen molar-refractivity contribution in [3.63, 3.8) is 0 Å². The molecule has 2 heterocycles. The minimum Gasteiger partial charge on any atom is -0.482 e. The molecule has 3 rings (SSSR count). The quantitative estimate of drug-likeness (QED) is 0.486. The third-order valence-electron chi connectivity index (χ3n) is 3.58. The number of esters is 1. The van der Waals surface area contributed by atoms with Gasteiger partial charge in [-0.3, -0.25) is 9.59 Å². The Morgan fingerprint density at radius 3 is 2.77 bits per heavy atom. The smallest absolute Gasteiger partial charge is 0.342 e. The molecule has 1 aromatic heterocycles. The Morgan fingerprint density at radius 2 is 2.04 bits per heavy atom. The van der Waals surface area contributed by atoms with E-state index in [4.69, 9.17) is 32.7 Å². The molecule has 1 aromatic carbocycles. The van der Waals surface area contributed by atoms with Gasteiger partial charge in [0.25, 0.3) is 5.91 Å². The molecule has 0 unspecified atom stereocenters. The van der Waals surface area contributed by atoms with Crippen LogP contribution in [0, 0.1) is 0 Å². The van der Waals surface area contributed by atoms with Crippen LogP contribution in [-0.4, -0.2) is 35.4 Å². The van der Waals surface area contributed by atoms with Gasteiger partial charge in [-0.1, -0.05) is 23.2 Å². The van der Waals surface area contributed by atoms with E-state index in [1.54, 1.807) is 6.07 Å². The lowest BCUT2D eigenvalue weighted by molar-refractivity contribution is -0.118. The maximum Gasteiger partial charge on any atom is 0.342 e. The number of hydrogen-bond acceptors (Lipinski definition) is 6. The molecule has 1 atom stereocenters. The summed E-state index contributed by atoms with van der Waals surface area (Å²) in [6, 6.07) is 7.32. The number of nitrogens with one attached hydrogen (secondary N) is 1. The van der Waals surface area contributed by atoms with Crippen LogP contribution in [0.15, 0.2) is 30.3 Å². The molecule has 134 valence electrons. The molecule has 0 saturated carbocycles. The Balaban J connectivity index is 1.74. The largest absolute Gasteiger partial charge is 0.482 e. The Kier molecular flexibility index (Phi) is 5.11. The lowest BCUT2D eigenvalue weighted by atomic mass is 10.1. The zero-order valence-electron chi connectivity index (χ0n) is 13.4. The van der Waals surface area contributed by atoms with Gasteiger partial charge in [0.2, 0.25) is 5.78 Å². The summed E-state index contributed by atoms with van der Waals surface area (Å²) in [5.74, 6) is -1.09. The van der Waals surface area contributed by atoms with Crippen molar-refractivity contribution >= 4 is 46.5 Å². The number of nitrogens with zero attached hydrogens (tertiary/aromatic N) is 1. The molecule has 1 aliphatic rings. The van der Waals surface area contributed by atoms with Gasteiger partial charge in [-0.05, 0) is 37.3 Å². The van der Waals surface area contributed by atoms with Crippen molar-refractivity contribution < 1.29 is 23.9 Å². The summed E-state index contributed by atoms with van der Waals surface area (Å²) in [6.07, 6.45) is -1.08. The molecule has 0 saturated heterocycles. The summed E-state index contributed by atoms with van der Waals surface area (Å²) in [5, 5.41) is 2.63. The van der Waals surface area contributed by atoms with Crippen LogP contribution in [0.4, 0.5) is 5.69 Å². The number of pyridine rings is 1. The molecular formula is C17H12Cl2N2O5. The molecule has 2 aromatic rings. The van der Waals surface area contributed by atoms with E-state index < -0.39 is 17.9 Å². The average molecular weight is 395 g/mol. The van der Waals surface area contributed by atoms with E-state index in [0.29, 0.717) is 11.4 Å². The minimum atomic E-state index is -1.08. The molecule has 1 amide bonds. The normalized spacial score (nSPS) is 13.9. The number of anilines is 1. The lowest BCUT2D eigenvalue weighted by Crippen LogP contribution is -2.27. The zero-order chi connectivity index (χ0) is 18.8. The summed E-state index contributed by atoms with van der Waals surface area (Å²) in [6.45, 7) is 1.36. The van der Waals surface area contributed by atoms with E-state index in [0.717, 1.165) is 0 Å². The molecule has 0 radical (unpaired) electrons. The SMILES string of the molecule is C[C@H](OC(=O)c1ccc(Cl)nc1Cl)C(=O)c1ccc2c(c1)NC(=O)CO2. The topological polar surface area (TPSA) is 94.6 Å². The van der Waals surface area contributed by atoms with Crippen LogP contribution >= 0.6 is 23.2 Å². The van der Waals surface area contributed by atoms with E-state index >= 15 is 0 Å². The molecule has 0 fully saturated rings. The number of aromatic nitrogens is 1. The fourth-order valence-electron chi connectivity index (χ4n) is 2.31. The lowest BCUT2D eigenvalue weighted by Gasteiger charge is -2.19. The van der Waals surface area contributed by atoms with Crippen molar-refractivity contribution in [2.45, 2.75) is 13.0 Å². The predicted octanol–water partition coefficient (Wildman–Crippen LogP) is 3.15. The second-order valence-corrected chi connectivity index (χ2v) is 6.18. The van der Waals surface area contributed by atoms with Crippen molar-refractivity contribution in [1.82, 2.24) is 4.98 Å². The Morgan fingerprint density at radius 1 is 1.27 bits per heavy atom. The van der Waals surface area contributed by atoms with Gasteiger partial charge in [-0.15, -0.1) is 0 Å². The number of rotatable bonds is 4. The summed E-state index contributed by atoms with van der Waals surface area (Å²) >= 11 is 11.5. The predicted molar refractivity (Wildman–Crippen MR) is 94.0 cm³/mol. The van der Waals surface area contributed by atoms with Crippen LogP contribution in [0.1, 0.15) is 27.6 Å². The zero-order valence-corrected chi connectivity index (χ0v) is 14.9. The fraction of sp³-hybridized carbons (Fsp3) is 0.176. The van der Waals surface area contributed by atoms with Crippen LogP contribution < -0.4 is 10.1 Å². The number of amides is 1. The molecular weight excluding hydrogens is 383 g/mol. The van der Waals surface area contributed by atoms with Gasteiger partial charge in [-0.25, -0.2) is 9.78 Å². The van der Waals surface area contributed by atoms with Crippen LogP contribution in [0.2, 0.25) is 10.3 Å². The first-order valence-electron chi connectivity index (χ1n) is 7.49. The highest BCUT2D eigenvalue weighted by Crippen LogP contribution is 2.29. The second kappa shape index (κ2) is 7.31. The van der Waals surface area contributed by atoms with E-state index in [9.17, 15) is 14.4 Å². The van der Waals surface area contributed by atoms with Gasteiger partial charge in [0.15, 0.2) is 12.7 Å². The summed E-state index contributed by atoms with van der Waals surface area (Å²) in [7, 11) is 0. The maximum absolute atomic E-state index is 12.5. The number of ketones is 1. The highest BCUT2D eigenvalue weighted by molar-refractivity contribution is 6.34. The average Bonchev–Trinajstić information content (AvgIpc) is 2.60. The second-order valence-electron chi connectivity index (χ2n) is 5.43. The highest BCUT2D eigenvalue weighted by Gasteiger charge is 2.24. The van der Waals surface area contributed by atoms with Gasteiger partial charge in [0.1, 0.15) is 16.1 Å². The number of Topliss-reactive ketones (excluding diaryl/α,β-unsaturated/α-hetero) is 1. The summed E-state index contributed by atoms with van der Waals surface area (Å²) < 4.78 is 10.4. The van der Waals surface area contributed by atoms with Gasteiger partial charge < -0.3 is 14.8 Å². The van der Waals surface area contributed by atoms with Gasteiger partial charge in [0, 0.05) is 5.56 Å². The number of carbonyl (C=O) groups excluding carboxylic acids is 3. The number of ether oxygens (including phenoxy) is 2. The van der Waals surface area contributed by atoms with Gasteiger partial charge >= 0.3 is 5.97 Å². The first-order valence-corrected chi connectivity index (χ1v) is 8.24. The molecule has 0 bridgehead atoms. The highest BCUT2D eigenvalue weighted by atomic mass is 35.5. The molecule has 0 spiro atoms. The molecule has 7 nitrogen and oxygen atoms in total. The third kappa shape index (κ3) is 3.79.